The molecule has 0 saturated heterocycles. The molecule has 0 saturated carbocycles. The van der Waals surface area contributed by atoms with Crippen LogP contribution < -0.4 is 10.6 Å². The normalized spacial score (nSPS) is 12.2. The van der Waals surface area contributed by atoms with Crippen LogP contribution in [0.2, 0.25) is 0 Å². The van der Waals surface area contributed by atoms with Crippen molar-refractivity contribution in [1.29, 1.82) is 0 Å². The van der Waals surface area contributed by atoms with E-state index in [-0.39, 0.29) is 0 Å². The zero-order chi connectivity index (χ0) is 20.9. The summed E-state index contributed by atoms with van der Waals surface area (Å²) < 4.78 is 23.6. The molecule has 0 aliphatic heterocycles. The van der Waals surface area contributed by atoms with Gasteiger partial charge in [0.2, 0.25) is 0 Å². The maximum absolute atomic E-state index is 11.8. The molecular weight excluding hydrogens is 382 g/mol. The molecule has 6 heteroatoms. The third-order valence-electron chi connectivity index (χ3n) is 4.73. The van der Waals surface area contributed by atoms with Crippen molar-refractivity contribution in [3.8, 4) is 0 Å². The number of hydrogen-bond donors (Lipinski definition) is 2. The van der Waals surface area contributed by atoms with Crippen LogP contribution in [0.5, 0.6) is 0 Å². The fourth-order valence-corrected chi connectivity index (χ4v) is 4.32. The monoisotopic (exact) mass is 409 g/mol. The molecule has 0 heterocycles. The molecule has 0 bridgehead atoms. The fourth-order valence-electron chi connectivity index (χ4n) is 3.36. The van der Waals surface area contributed by atoms with E-state index >= 15 is 0 Å². The van der Waals surface area contributed by atoms with Gasteiger partial charge in [0, 0.05) is 19.3 Å². The predicted octanol–water partition coefficient (Wildman–Crippen LogP) is 3.81. The van der Waals surface area contributed by atoms with E-state index in [1.807, 2.05) is 38.1 Å². The molecule has 0 aliphatic carbocycles. The molecule has 152 valence electrons. The number of aliphatic imine (C=N–C) groups is 1. The van der Waals surface area contributed by atoms with E-state index in [0.29, 0.717) is 18.0 Å². The highest BCUT2D eigenvalue weighted by Gasteiger charge is 2.10. The van der Waals surface area contributed by atoms with Gasteiger partial charge in [0.1, 0.15) is 0 Å². The van der Waals surface area contributed by atoms with Crippen molar-refractivity contribution in [3.05, 3.63) is 77.4 Å². The summed E-state index contributed by atoms with van der Waals surface area (Å²) in [7, 11) is -3.21. The first-order valence-corrected chi connectivity index (χ1v) is 11.6. The average molecular weight is 410 g/mol. The smallest absolute Gasteiger partial charge is 0.191 e. The lowest BCUT2D eigenvalue weighted by Gasteiger charge is -2.13. The van der Waals surface area contributed by atoms with Gasteiger partial charge >= 0.3 is 0 Å². The summed E-state index contributed by atoms with van der Waals surface area (Å²) >= 11 is 0. The number of nitrogens with zero attached hydrogens (tertiary/aromatic N) is 1. The molecule has 0 aliphatic rings. The summed E-state index contributed by atoms with van der Waals surface area (Å²) in [6.07, 6.45) is 1.23. The Morgan fingerprint density at radius 1 is 1.00 bits per heavy atom. The van der Waals surface area contributed by atoms with E-state index in [1.54, 1.807) is 6.07 Å². The Kier molecular flexibility index (Phi) is 6.54. The molecule has 0 aromatic heterocycles. The van der Waals surface area contributed by atoms with Gasteiger partial charge < -0.3 is 10.6 Å². The third-order valence-corrected chi connectivity index (χ3v) is 5.99. The minimum atomic E-state index is -3.21. The molecule has 0 fully saturated rings. The maximum atomic E-state index is 11.8. The van der Waals surface area contributed by atoms with Gasteiger partial charge in [0.25, 0.3) is 0 Å². The van der Waals surface area contributed by atoms with Crippen LogP contribution in [0.15, 0.2) is 70.6 Å². The van der Waals surface area contributed by atoms with E-state index < -0.39 is 9.84 Å². The molecule has 0 atom stereocenters. The molecule has 0 radical (unpaired) electrons. The van der Waals surface area contributed by atoms with Gasteiger partial charge in [-0.15, -0.1) is 0 Å². The number of sulfone groups is 1. The molecule has 29 heavy (non-hydrogen) atoms. The first-order chi connectivity index (χ1) is 13.9. The number of fused-ring (bicyclic) bond motifs is 1. The number of hydrogen-bond acceptors (Lipinski definition) is 3. The van der Waals surface area contributed by atoms with Crippen LogP contribution in [-0.4, -0.2) is 27.2 Å². The van der Waals surface area contributed by atoms with Crippen molar-refractivity contribution in [1.82, 2.24) is 10.6 Å². The van der Waals surface area contributed by atoms with E-state index in [4.69, 9.17) is 0 Å². The summed E-state index contributed by atoms with van der Waals surface area (Å²) in [4.78, 5) is 5.02. The second-order valence-electron chi connectivity index (χ2n) is 7.06. The van der Waals surface area contributed by atoms with Crippen LogP contribution in [0.25, 0.3) is 10.8 Å². The highest BCUT2D eigenvalue weighted by Crippen LogP contribution is 2.19. The highest BCUT2D eigenvalue weighted by molar-refractivity contribution is 7.90. The lowest BCUT2D eigenvalue weighted by molar-refractivity contribution is 0.601. The van der Waals surface area contributed by atoms with E-state index in [2.05, 4.69) is 46.0 Å². The predicted molar refractivity (Wildman–Crippen MR) is 120 cm³/mol. The summed E-state index contributed by atoms with van der Waals surface area (Å²) in [5, 5.41) is 9.10. The number of benzene rings is 3. The van der Waals surface area contributed by atoms with Crippen LogP contribution in [0.3, 0.4) is 0 Å². The van der Waals surface area contributed by atoms with Gasteiger partial charge in [-0.05, 0) is 47.4 Å². The summed E-state index contributed by atoms with van der Waals surface area (Å²) in [6.45, 7) is 5.73. The van der Waals surface area contributed by atoms with Gasteiger partial charge in [-0.25, -0.2) is 13.4 Å². The van der Waals surface area contributed by atoms with Gasteiger partial charge in [-0.3, -0.25) is 0 Å². The molecule has 0 spiro atoms. The molecule has 0 amide bonds. The van der Waals surface area contributed by atoms with Gasteiger partial charge in [0.05, 0.1) is 11.4 Å². The number of rotatable bonds is 6. The number of nitrogens with one attached hydrogen (secondary N) is 2. The van der Waals surface area contributed by atoms with Crippen molar-refractivity contribution in [2.45, 2.75) is 31.8 Å². The molecule has 0 unspecified atom stereocenters. The number of guanidine groups is 1. The van der Waals surface area contributed by atoms with Gasteiger partial charge in [-0.2, -0.15) is 0 Å². The van der Waals surface area contributed by atoms with E-state index in [1.165, 1.54) is 22.6 Å². The van der Waals surface area contributed by atoms with Crippen molar-refractivity contribution in [3.63, 3.8) is 0 Å². The molecule has 5 nitrogen and oxygen atoms in total. The van der Waals surface area contributed by atoms with Crippen LogP contribution in [0, 0.1) is 6.92 Å². The van der Waals surface area contributed by atoms with E-state index in [0.717, 1.165) is 23.6 Å². The largest absolute Gasteiger partial charge is 0.357 e. The molecule has 2 N–H and O–H groups in total. The third kappa shape index (κ3) is 5.35. The fraction of sp³-hybridized carbons (Fsp3) is 0.261. The Morgan fingerprint density at radius 3 is 2.48 bits per heavy atom. The van der Waals surface area contributed by atoms with Crippen molar-refractivity contribution in [2.24, 2.45) is 4.99 Å². The zero-order valence-corrected chi connectivity index (χ0v) is 17.9. The molecular formula is C23H27N3O2S. The van der Waals surface area contributed by atoms with Crippen molar-refractivity contribution >= 4 is 26.6 Å². The second kappa shape index (κ2) is 9.09. The SMILES string of the molecule is CCNC(=NCc1ccc(S(C)(=O)=O)c(C)c1)NCc1cccc2ccccc12. The number of aryl methyl sites for hydroxylation is 1. The maximum Gasteiger partial charge on any atom is 0.191 e. The Balaban J connectivity index is 1.74. The first-order valence-electron chi connectivity index (χ1n) is 9.67. The Hall–Kier alpha value is -2.86. The lowest BCUT2D eigenvalue weighted by Crippen LogP contribution is -2.36. The van der Waals surface area contributed by atoms with Crippen LogP contribution >= 0.6 is 0 Å². The topological polar surface area (TPSA) is 70.6 Å². The Morgan fingerprint density at radius 2 is 1.76 bits per heavy atom. The molecule has 3 aromatic rings. The highest BCUT2D eigenvalue weighted by atomic mass is 32.2. The molecule has 3 aromatic carbocycles. The Labute approximate surface area is 172 Å². The minimum Gasteiger partial charge on any atom is -0.357 e. The second-order valence-corrected chi connectivity index (χ2v) is 9.04. The van der Waals surface area contributed by atoms with Crippen LogP contribution in [0.1, 0.15) is 23.6 Å². The van der Waals surface area contributed by atoms with Crippen molar-refractivity contribution in [2.75, 3.05) is 12.8 Å². The Bertz CT molecular complexity index is 1130. The van der Waals surface area contributed by atoms with Gasteiger partial charge in [0.15, 0.2) is 15.8 Å². The minimum absolute atomic E-state index is 0.367. The standard InChI is InChI=1S/C23H27N3O2S/c1-4-24-23(25-15-18-12-13-22(17(2)14-18)29(3,27)28)26-16-20-10-7-9-19-8-5-6-11-21(19)20/h5-14H,4,15-16H2,1-3H3,(H2,24,25,26). The molecule has 3 rings (SSSR count). The van der Waals surface area contributed by atoms with E-state index in [9.17, 15) is 8.42 Å². The first kappa shape index (κ1) is 20.9. The summed E-state index contributed by atoms with van der Waals surface area (Å²) in [5.41, 5.74) is 2.92. The van der Waals surface area contributed by atoms with Gasteiger partial charge in [-0.1, -0.05) is 54.6 Å². The zero-order valence-electron chi connectivity index (χ0n) is 17.1. The lowest BCUT2D eigenvalue weighted by atomic mass is 10.0. The van der Waals surface area contributed by atoms with Crippen molar-refractivity contribution < 1.29 is 8.42 Å². The quantitative estimate of drug-likeness (QED) is 0.480. The summed E-state index contributed by atoms with van der Waals surface area (Å²) in [6, 6.07) is 20.0. The average Bonchev–Trinajstić information content (AvgIpc) is 2.69. The summed E-state index contributed by atoms with van der Waals surface area (Å²) in [5.74, 6) is 0.727. The van der Waals surface area contributed by atoms with Crippen LogP contribution in [0.4, 0.5) is 0 Å². The van der Waals surface area contributed by atoms with Crippen LogP contribution in [-0.2, 0) is 22.9 Å².